The summed E-state index contributed by atoms with van der Waals surface area (Å²) in [5.41, 5.74) is 0.337. The summed E-state index contributed by atoms with van der Waals surface area (Å²) in [5.74, 6) is 0.0524. The molecule has 1 heterocycles. The molecule has 9 heteroatoms. The van der Waals surface area contributed by atoms with Crippen LogP contribution in [-0.4, -0.2) is 29.0 Å². The molecule has 2 aromatic rings. The number of nitrogens with zero attached hydrogens (tertiary/aromatic N) is 2. The first-order chi connectivity index (χ1) is 11.0. The van der Waals surface area contributed by atoms with E-state index in [0.29, 0.717) is 33.1 Å². The van der Waals surface area contributed by atoms with Gasteiger partial charge in [-0.2, -0.15) is 0 Å². The molecule has 0 unspecified atom stereocenters. The molecule has 124 valence electrons. The fraction of sp³-hybridized carbons (Fsp3) is 0.357. The van der Waals surface area contributed by atoms with Crippen LogP contribution in [0.15, 0.2) is 16.5 Å². The molecular formula is C14H15Cl2N3O2S2. The molecule has 0 atom stereocenters. The third-order valence-electron chi connectivity index (χ3n) is 2.81. The standard InChI is InChI=1S/C14H15Cl2N3O2S2/c1-3-4-5-21-11-9(15)6-8(7-10(11)16)12(20)17-13-18-19-14(22-2)23-13/h6-7H,3-5H2,1-2H3,(H,17,18,20). The first kappa shape index (κ1) is 18.3. The minimum absolute atomic E-state index is 0.306. The molecule has 0 saturated carbocycles. The summed E-state index contributed by atoms with van der Waals surface area (Å²) >= 11 is 15.1. The summed E-state index contributed by atoms with van der Waals surface area (Å²) in [6.07, 6.45) is 3.81. The van der Waals surface area contributed by atoms with E-state index in [9.17, 15) is 4.79 Å². The van der Waals surface area contributed by atoms with Crippen molar-refractivity contribution < 1.29 is 9.53 Å². The Balaban J connectivity index is 2.11. The van der Waals surface area contributed by atoms with Crippen molar-refractivity contribution in [3.8, 4) is 5.75 Å². The molecule has 2 rings (SSSR count). The number of hydrogen-bond acceptors (Lipinski definition) is 6. The van der Waals surface area contributed by atoms with E-state index >= 15 is 0 Å². The zero-order valence-corrected chi connectivity index (χ0v) is 15.7. The molecule has 0 spiro atoms. The van der Waals surface area contributed by atoms with Crippen LogP contribution in [0.4, 0.5) is 5.13 Å². The van der Waals surface area contributed by atoms with E-state index in [-0.39, 0.29) is 5.91 Å². The van der Waals surface area contributed by atoms with E-state index in [1.807, 2.05) is 6.26 Å². The van der Waals surface area contributed by atoms with Crippen LogP contribution in [0.5, 0.6) is 5.75 Å². The average Bonchev–Trinajstić information content (AvgIpc) is 2.97. The molecule has 0 fully saturated rings. The number of carbonyl (C=O) groups is 1. The van der Waals surface area contributed by atoms with Crippen LogP contribution in [0.1, 0.15) is 30.1 Å². The molecule has 0 bridgehead atoms. The van der Waals surface area contributed by atoms with E-state index in [2.05, 4.69) is 22.4 Å². The number of thioether (sulfide) groups is 1. The van der Waals surface area contributed by atoms with Gasteiger partial charge in [0.15, 0.2) is 10.1 Å². The molecule has 5 nitrogen and oxygen atoms in total. The summed E-state index contributed by atoms with van der Waals surface area (Å²) in [6.45, 7) is 2.60. The van der Waals surface area contributed by atoms with Gasteiger partial charge in [-0.3, -0.25) is 10.1 Å². The monoisotopic (exact) mass is 391 g/mol. The van der Waals surface area contributed by atoms with Gasteiger partial charge in [0.2, 0.25) is 5.13 Å². The van der Waals surface area contributed by atoms with Gasteiger partial charge >= 0.3 is 0 Å². The second-order valence-corrected chi connectivity index (χ2v) is 7.35. The lowest BCUT2D eigenvalue weighted by molar-refractivity contribution is 0.102. The number of benzene rings is 1. The maximum absolute atomic E-state index is 12.3. The number of rotatable bonds is 7. The molecule has 0 aliphatic rings. The van der Waals surface area contributed by atoms with E-state index < -0.39 is 0 Å². The quantitative estimate of drug-likeness (QED) is 0.408. The summed E-state index contributed by atoms with van der Waals surface area (Å²) in [4.78, 5) is 12.3. The Kier molecular flexibility index (Phi) is 6.95. The molecule has 0 radical (unpaired) electrons. The predicted molar refractivity (Wildman–Crippen MR) is 96.5 cm³/mol. The Bertz CT molecular complexity index is 671. The second kappa shape index (κ2) is 8.73. The zero-order chi connectivity index (χ0) is 16.8. The summed E-state index contributed by atoms with van der Waals surface area (Å²) < 4.78 is 6.33. The lowest BCUT2D eigenvalue weighted by Gasteiger charge is -2.11. The number of amides is 1. The first-order valence-corrected chi connectivity index (χ1v) is 9.65. The molecule has 0 aliphatic heterocycles. The Morgan fingerprint density at radius 2 is 2.04 bits per heavy atom. The van der Waals surface area contributed by atoms with E-state index in [1.54, 1.807) is 0 Å². The SMILES string of the molecule is CCCCOc1c(Cl)cc(C(=O)Nc2nnc(SC)s2)cc1Cl. The number of halogens is 2. The van der Waals surface area contributed by atoms with Gasteiger partial charge in [-0.05, 0) is 24.8 Å². The lowest BCUT2D eigenvalue weighted by atomic mass is 10.2. The third-order valence-corrected chi connectivity index (χ3v) is 5.18. The number of aromatic nitrogens is 2. The number of ether oxygens (including phenoxy) is 1. The van der Waals surface area contributed by atoms with Crippen LogP contribution in [-0.2, 0) is 0 Å². The van der Waals surface area contributed by atoms with Gasteiger partial charge in [-0.25, -0.2) is 0 Å². The van der Waals surface area contributed by atoms with Crippen molar-refractivity contribution in [2.45, 2.75) is 24.1 Å². The molecular weight excluding hydrogens is 377 g/mol. The maximum Gasteiger partial charge on any atom is 0.257 e. The zero-order valence-electron chi connectivity index (χ0n) is 12.6. The van der Waals surface area contributed by atoms with Crippen molar-refractivity contribution >= 4 is 57.3 Å². The first-order valence-electron chi connectivity index (χ1n) is 6.85. The van der Waals surface area contributed by atoms with Gasteiger partial charge in [0.25, 0.3) is 5.91 Å². The Morgan fingerprint density at radius 1 is 1.35 bits per heavy atom. The van der Waals surface area contributed by atoms with Crippen LogP contribution in [0, 0.1) is 0 Å². The fourth-order valence-corrected chi connectivity index (χ4v) is 3.42. The van der Waals surface area contributed by atoms with Gasteiger partial charge in [0.05, 0.1) is 16.7 Å². The highest BCUT2D eigenvalue weighted by molar-refractivity contribution is 8.00. The van der Waals surface area contributed by atoms with Crippen molar-refractivity contribution in [2.75, 3.05) is 18.2 Å². The van der Waals surface area contributed by atoms with Crippen molar-refractivity contribution in [1.29, 1.82) is 0 Å². The van der Waals surface area contributed by atoms with Crippen LogP contribution in [0.25, 0.3) is 0 Å². The largest absolute Gasteiger partial charge is 0.490 e. The topological polar surface area (TPSA) is 64.1 Å². The van der Waals surface area contributed by atoms with Crippen molar-refractivity contribution in [3.05, 3.63) is 27.7 Å². The second-order valence-electron chi connectivity index (χ2n) is 4.50. The molecule has 1 amide bonds. The predicted octanol–water partition coefficient (Wildman–Crippen LogP) is 5.00. The Hall–Kier alpha value is -1.02. The van der Waals surface area contributed by atoms with Gasteiger partial charge in [0, 0.05) is 5.56 Å². The molecule has 1 N–H and O–H groups in total. The van der Waals surface area contributed by atoms with Crippen molar-refractivity contribution in [3.63, 3.8) is 0 Å². The highest BCUT2D eigenvalue weighted by Crippen LogP contribution is 2.34. The number of hydrogen-bond donors (Lipinski definition) is 1. The summed E-state index contributed by atoms with van der Waals surface area (Å²) in [6, 6.07) is 3.06. The van der Waals surface area contributed by atoms with E-state index in [0.717, 1.165) is 17.2 Å². The molecule has 0 saturated heterocycles. The van der Waals surface area contributed by atoms with Crippen LogP contribution in [0.3, 0.4) is 0 Å². The number of unbranched alkanes of at least 4 members (excludes halogenated alkanes) is 1. The fourth-order valence-electron chi connectivity index (χ4n) is 1.66. The van der Waals surface area contributed by atoms with E-state index in [1.165, 1.54) is 35.2 Å². The van der Waals surface area contributed by atoms with Crippen molar-refractivity contribution in [2.24, 2.45) is 0 Å². The van der Waals surface area contributed by atoms with Gasteiger partial charge < -0.3 is 4.74 Å². The summed E-state index contributed by atoms with van der Waals surface area (Å²) in [7, 11) is 0. The number of carbonyl (C=O) groups excluding carboxylic acids is 1. The Morgan fingerprint density at radius 3 is 2.61 bits per heavy atom. The van der Waals surface area contributed by atoms with Gasteiger partial charge in [-0.1, -0.05) is 59.6 Å². The average molecular weight is 392 g/mol. The Labute approximate surface area is 152 Å². The number of nitrogens with one attached hydrogen (secondary N) is 1. The molecule has 23 heavy (non-hydrogen) atoms. The summed E-state index contributed by atoms with van der Waals surface area (Å²) in [5, 5.41) is 11.5. The van der Waals surface area contributed by atoms with E-state index in [4.69, 9.17) is 27.9 Å². The number of anilines is 1. The normalized spacial score (nSPS) is 10.6. The smallest absolute Gasteiger partial charge is 0.257 e. The van der Waals surface area contributed by atoms with Crippen LogP contribution in [0.2, 0.25) is 10.0 Å². The van der Waals surface area contributed by atoms with Crippen molar-refractivity contribution in [1.82, 2.24) is 10.2 Å². The minimum atomic E-state index is -0.349. The molecule has 0 aliphatic carbocycles. The van der Waals surface area contributed by atoms with Crippen LogP contribution < -0.4 is 10.1 Å². The highest BCUT2D eigenvalue weighted by Gasteiger charge is 2.15. The third kappa shape index (κ3) is 4.97. The minimum Gasteiger partial charge on any atom is -0.490 e. The molecule has 1 aromatic carbocycles. The van der Waals surface area contributed by atoms with Gasteiger partial charge in [0.1, 0.15) is 0 Å². The highest BCUT2D eigenvalue weighted by atomic mass is 35.5. The maximum atomic E-state index is 12.3. The van der Waals surface area contributed by atoms with Crippen LogP contribution >= 0.6 is 46.3 Å². The lowest BCUT2D eigenvalue weighted by Crippen LogP contribution is -2.12. The molecule has 1 aromatic heterocycles. The van der Waals surface area contributed by atoms with Gasteiger partial charge in [-0.15, -0.1) is 10.2 Å².